The van der Waals surface area contributed by atoms with Crippen molar-refractivity contribution in [1.82, 2.24) is 19.6 Å². The number of fused-ring (bicyclic) bond motifs is 3. The number of hydrogen-bond donors (Lipinski definition) is 1. The maximum atomic E-state index is 13.6. The number of amides is 1. The SMILES string of the molecule is C=C(CC)C1C(C)=C(C(N)=O)c2c(C(F)F)nc3nc(C)nn3c21. The van der Waals surface area contributed by atoms with E-state index in [1.807, 2.05) is 6.92 Å². The topological polar surface area (TPSA) is 86.2 Å². The van der Waals surface area contributed by atoms with Crippen molar-refractivity contribution in [2.24, 2.45) is 5.73 Å². The Morgan fingerprint density at radius 1 is 1.38 bits per heavy atom. The van der Waals surface area contributed by atoms with E-state index in [4.69, 9.17) is 5.73 Å². The van der Waals surface area contributed by atoms with Gasteiger partial charge in [0.05, 0.1) is 11.3 Å². The second-order valence-corrected chi connectivity index (χ2v) is 5.80. The van der Waals surface area contributed by atoms with Crippen LogP contribution in [0.4, 0.5) is 8.78 Å². The van der Waals surface area contributed by atoms with Crippen LogP contribution in [0.2, 0.25) is 0 Å². The summed E-state index contributed by atoms with van der Waals surface area (Å²) in [5.74, 6) is -0.701. The summed E-state index contributed by atoms with van der Waals surface area (Å²) in [5, 5.41) is 4.26. The summed E-state index contributed by atoms with van der Waals surface area (Å²) in [7, 11) is 0. The molecule has 8 heteroatoms. The monoisotopic (exact) mass is 333 g/mol. The van der Waals surface area contributed by atoms with Gasteiger partial charge in [0.2, 0.25) is 5.91 Å². The summed E-state index contributed by atoms with van der Waals surface area (Å²) in [6.45, 7) is 9.30. The zero-order valence-electron chi connectivity index (χ0n) is 13.6. The van der Waals surface area contributed by atoms with Crippen molar-refractivity contribution in [3.63, 3.8) is 0 Å². The summed E-state index contributed by atoms with van der Waals surface area (Å²) in [5.41, 5.74) is 6.93. The molecule has 126 valence electrons. The first-order chi connectivity index (χ1) is 11.3. The van der Waals surface area contributed by atoms with Gasteiger partial charge in [0.15, 0.2) is 0 Å². The number of primary amides is 1. The Morgan fingerprint density at radius 2 is 2.04 bits per heavy atom. The second kappa shape index (κ2) is 5.47. The molecule has 0 bridgehead atoms. The number of nitrogens with zero attached hydrogens (tertiary/aromatic N) is 4. The molecule has 0 aromatic carbocycles. The smallest absolute Gasteiger partial charge is 0.281 e. The molecule has 1 unspecified atom stereocenters. The summed E-state index contributed by atoms with van der Waals surface area (Å²) in [4.78, 5) is 20.0. The van der Waals surface area contributed by atoms with Crippen LogP contribution in [-0.2, 0) is 4.79 Å². The lowest BCUT2D eigenvalue weighted by molar-refractivity contribution is -0.112. The van der Waals surface area contributed by atoms with Gasteiger partial charge in [-0.2, -0.15) is 9.50 Å². The van der Waals surface area contributed by atoms with Crippen molar-refractivity contribution in [1.29, 1.82) is 0 Å². The molecule has 24 heavy (non-hydrogen) atoms. The van der Waals surface area contributed by atoms with Crippen LogP contribution < -0.4 is 5.73 Å². The predicted molar refractivity (Wildman–Crippen MR) is 84.4 cm³/mol. The second-order valence-electron chi connectivity index (χ2n) is 5.80. The van der Waals surface area contributed by atoms with Gasteiger partial charge in [-0.15, -0.1) is 5.10 Å². The molecule has 6 nitrogen and oxygen atoms in total. The Labute approximate surface area is 137 Å². The van der Waals surface area contributed by atoms with Gasteiger partial charge < -0.3 is 5.73 Å². The van der Waals surface area contributed by atoms with Gasteiger partial charge >= 0.3 is 0 Å². The van der Waals surface area contributed by atoms with E-state index in [-0.39, 0.29) is 16.9 Å². The zero-order valence-corrected chi connectivity index (χ0v) is 13.6. The summed E-state index contributed by atoms with van der Waals surface area (Å²) >= 11 is 0. The van der Waals surface area contributed by atoms with Gasteiger partial charge in [0.1, 0.15) is 11.5 Å². The third-order valence-electron chi connectivity index (χ3n) is 4.32. The minimum Gasteiger partial charge on any atom is -0.366 e. The Balaban J connectivity index is 2.48. The molecular formula is C16H17F2N5O. The van der Waals surface area contributed by atoms with E-state index in [1.165, 1.54) is 4.52 Å². The van der Waals surface area contributed by atoms with E-state index >= 15 is 0 Å². The van der Waals surface area contributed by atoms with Gasteiger partial charge in [-0.3, -0.25) is 4.79 Å². The Hall–Kier alpha value is -2.64. The van der Waals surface area contributed by atoms with Crippen molar-refractivity contribution in [2.45, 2.75) is 39.5 Å². The molecule has 2 aromatic heterocycles. The van der Waals surface area contributed by atoms with Crippen LogP contribution >= 0.6 is 0 Å². The fourth-order valence-corrected chi connectivity index (χ4v) is 3.29. The fraction of sp³-hybridized carbons (Fsp3) is 0.375. The molecule has 0 spiro atoms. The number of carbonyl (C=O) groups is 1. The number of aryl methyl sites for hydroxylation is 1. The highest BCUT2D eigenvalue weighted by atomic mass is 19.3. The average molecular weight is 333 g/mol. The highest BCUT2D eigenvalue weighted by Crippen LogP contribution is 2.48. The Kier molecular flexibility index (Phi) is 3.70. The van der Waals surface area contributed by atoms with E-state index in [0.717, 1.165) is 5.57 Å². The van der Waals surface area contributed by atoms with Crippen LogP contribution in [0.3, 0.4) is 0 Å². The number of alkyl halides is 2. The lowest BCUT2D eigenvalue weighted by atomic mass is 9.91. The molecule has 1 aliphatic rings. The molecule has 1 aliphatic carbocycles. The van der Waals surface area contributed by atoms with E-state index in [2.05, 4.69) is 21.6 Å². The number of hydrogen-bond acceptors (Lipinski definition) is 4. The van der Waals surface area contributed by atoms with Crippen molar-refractivity contribution in [3.05, 3.63) is 40.5 Å². The number of rotatable bonds is 4. The van der Waals surface area contributed by atoms with E-state index in [0.29, 0.717) is 23.5 Å². The highest BCUT2D eigenvalue weighted by Gasteiger charge is 2.39. The third-order valence-corrected chi connectivity index (χ3v) is 4.32. The van der Waals surface area contributed by atoms with Crippen molar-refractivity contribution >= 4 is 17.3 Å². The number of nitrogens with two attached hydrogens (primary N) is 1. The first-order valence-corrected chi connectivity index (χ1v) is 7.51. The molecule has 0 fully saturated rings. The first kappa shape index (κ1) is 16.2. The Bertz CT molecular complexity index is 913. The molecule has 0 aliphatic heterocycles. The molecule has 3 rings (SSSR count). The van der Waals surface area contributed by atoms with E-state index < -0.39 is 23.9 Å². The molecule has 2 aromatic rings. The van der Waals surface area contributed by atoms with Gasteiger partial charge in [0.25, 0.3) is 12.2 Å². The van der Waals surface area contributed by atoms with Crippen molar-refractivity contribution in [3.8, 4) is 0 Å². The zero-order chi connectivity index (χ0) is 17.8. The predicted octanol–water partition coefficient (Wildman–Crippen LogP) is 2.69. The molecule has 2 N–H and O–H groups in total. The van der Waals surface area contributed by atoms with Crippen LogP contribution in [0.5, 0.6) is 0 Å². The minimum absolute atomic E-state index is 0.0620. The molecule has 1 amide bonds. The quantitative estimate of drug-likeness (QED) is 0.872. The lowest BCUT2D eigenvalue weighted by Crippen LogP contribution is -2.16. The Morgan fingerprint density at radius 3 is 2.58 bits per heavy atom. The first-order valence-electron chi connectivity index (χ1n) is 7.51. The normalized spacial score (nSPS) is 17.0. The van der Waals surface area contributed by atoms with E-state index in [9.17, 15) is 13.6 Å². The molecule has 1 atom stereocenters. The highest BCUT2D eigenvalue weighted by molar-refractivity contribution is 6.22. The summed E-state index contributed by atoms with van der Waals surface area (Å²) in [6.07, 6.45) is -2.24. The van der Waals surface area contributed by atoms with Crippen molar-refractivity contribution < 1.29 is 13.6 Å². The number of carbonyl (C=O) groups excluding carboxylic acids is 1. The summed E-state index contributed by atoms with van der Waals surface area (Å²) in [6, 6.07) is 0. The minimum atomic E-state index is -2.86. The number of halogens is 2. The molecule has 2 heterocycles. The van der Waals surface area contributed by atoms with Gasteiger partial charge in [-0.1, -0.05) is 19.1 Å². The van der Waals surface area contributed by atoms with Crippen LogP contribution in [0.15, 0.2) is 17.7 Å². The number of allylic oxidation sites excluding steroid dienone is 2. The fourth-order valence-electron chi connectivity index (χ4n) is 3.29. The van der Waals surface area contributed by atoms with Crippen LogP contribution in [0.1, 0.15) is 55.4 Å². The van der Waals surface area contributed by atoms with Crippen LogP contribution in [-0.4, -0.2) is 25.5 Å². The van der Waals surface area contributed by atoms with Gasteiger partial charge in [0, 0.05) is 11.5 Å². The molecule has 0 saturated carbocycles. The van der Waals surface area contributed by atoms with Gasteiger partial charge in [-0.25, -0.2) is 13.8 Å². The number of aromatic nitrogens is 4. The molecule has 0 saturated heterocycles. The maximum Gasteiger partial charge on any atom is 0.281 e. The standard InChI is InChI=1S/C16H17F2N5O/c1-5-6(2)9-7(3)10(15(19)24)11-12(14(17)18)21-16-20-8(4)22-23(16)13(9)11/h9,14H,2,5H2,1,3-4H3,(H2,19,24). The van der Waals surface area contributed by atoms with Crippen LogP contribution in [0, 0.1) is 6.92 Å². The van der Waals surface area contributed by atoms with Crippen molar-refractivity contribution in [2.75, 3.05) is 0 Å². The largest absolute Gasteiger partial charge is 0.366 e. The lowest BCUT2D eigenvalue weighted by Gasteiger charge is -2.17. The molecule has 0 radical (unpaired) electrons. The summed E-state index contributed by atoms with van der Waals surface area (Å²) < 4.78 is 28.6. The third kappa shape index (κ3) is 2.13. The van der Waals surface area contributed by atoms with E-state index in [1.54, 1.807) is 13.8 Å². The van der Waals surface area contributed by atoms with Gasteiger partial charge in [-0.05, 0) is 25.8 Å². The molecular weight excluding hydrogens is 316 g/mol. The average Bonchev–Trinajstić information content (AvgIpc) is 3.01. The van der Waals surface area contributed by atoms with Crippen LogP contribution in [0.25, 0.3) is 11.4 Å². The maximum absolute atomic E-state index is 13.6.